The third-order valence-electron chi connectivity index (χ3n) is 7.77. The Balaban J connectivity index is 1.66. The summed E-state index contributed by atoms with van der Waals surface area (Å²) >= 11 is 1.62. The van der Waals surface area contributed by atoms with E-state index in [1.54, 1.807) is 16.7 Å². The highest BCUT2D eigenvalue weighted by molar-refractivity contribution is 8.02. The Morgan fingerprint density at radius 3 is 2.66 bits per heavy atom. The Morgan fingerprint density at radius 2 is 1.86 bits per heavy atom. The van der Waals surface area contributed by atoms with Crippen LogP contribution in [0.5, 0.6) is 0 Å². The lowest BCUT2D eigenvalue weighted by Crippen LogP contribution is -2.53. The van der Waals surface area contributed by atoms with Gasteiger partial charge in [0.05, 0.1) is 23.2 Å². The molecule has 4 heterocycles. The lowest BCUT2D eigenvalue weighted by molar-refractivity contribution is -0.153. The van der Waals surface area contributed by atoms with Crippen LogP contribution in [0.2, 0.25) is 0 Å². The predicted molar refractivity (Wildman–Crippen MR) is 137 cm³/mol. The first-order valence-electron chi connectivity index (χ1n) is 13.4. The van der Waals surface area contributed by atoms with Gasteiger partial charge < -0.3 is 19.6 Å². The topological polar surface area (TPSA) is 87.2 Å². The monoisotopic (exact) mass is 504 g/mol. The van der Waals surface area contributed by atoms with Crippen LogP contribution < -0.4 is 0 Å². The van der Waals surface area contributed by atoms with E-state index in [9.17, 15) is 14.4 Å². The number of allylic oxidation sites excluding steroid dienone is 1. The van der Waals surface area contributed by atoms with Crippen LogP contribution in [0.25, 0.3) is 0 Å². The highest BCUT2D eigenvalue weighted by Crippen LogP contribution is 2.60. The first kappa shape index (κ1) is 26.3. The summed E-state index contributed by atoms with van der Waals surface area (Å²) in [5, 5.41) is 8.92. The third kappa shape index (κ3) is 5.19. The summed E-state index contributed by atoms with van der Waals surface area (Å²) < 4.78 is 4.86. The zero-order valence-electron chi connectivity index (χ0n) is 20.9. The summed E-state index contributed by atoms with van der Waals surface area (Å²) in [6.45, 7) is 4.41. The molecule has 194 valence electrons. The van der Waals surface area contributed by atoms with Crippen LogP contribution in [0.4, 0.5) is 0 Å². The SMILES string of the molecule is CCCCCN1CC=C[C@]23S[C@H]4/C=C\CCCOC(=O)[C@H]4[C@H]2C(=O)N(CCCCCCO)C3C1=O. The molecule has 4 aliphatic heterocycles. The summed E-state index contributed by atoms with van der Waals surface area (Å²) in [7, 11) is 0. The van der Waals surface area contributed by atoms with Crippen LogP contribution in [0.15, 0.2) is 24.3 Å². The molecule has 0 aromatic heterocycles. The molecule has 4 rings (SSSR count). The van der Waals surface area contributed by atoms with Gasteiger partial charge >= 0.3 is 5.97 Å². The Hall–Kier alpha value is -1.80. The molecule has 35 heavy (non-hydrogen) atoms. The quantitative estimate of drug-likeness (QED) is 0.279. The van der Waals surface area contributed by atoms with E-state index in [1.807, 2.05) is 11.0 Å². The van der Waals surface area contributed by atoms with Gasteiger partial charge in [-0.2, -0.15) is 0 Å². The van der Waals surface area contributed by atoms with Gasteiger partial charge in [0.25, 0.3) is 0 Å². The number of carbonyl (C=O) groups excluding carboxylic acids is 3. The van der Waals surface area contributed by atoms with Crippen LogP contribution in [0.3, 0.4) is 0 Å². The molecule has 1 unspecified atom stereocenters. The molecule has 2 fully saturated rings. The maximum atomic E-state index is 14.0. The highest BCUT2D eigenvalue weighted by atomic mass is 32.2. The lowest BCUT2D eigenvalue weighted by atomic mass is 9.78. The number of amides is 2. The van der Waals surface area contributed by atoms with Gasteiger partial charge in [0.2, 0.25) is 11.8 Å². The minimum atomic E-state index is -0.753. The van der Waals surface area contributed by atoms with Crippen molar-refractivity contribution in [3.05, 3.63) is 24.3 Å². The van der Waals surface area contributed by atoms with Gasteiger partial charge in [0.1, 0.15) is 6.04 Å². The lowest BCUT2D eigenvalue weighted by Gasteiger charge is -2.35. The van der Waals surface area contributed by atoms with Gasteiger partial charge in [-0.3, -0.25) is 14.4 Å². The summed E-state index contributed by atoms with van der Waals surface area (Å²) in [6.07, 6.45) is 16.3. The number of rotatable bonds is 10. The van der Waals surface area contributed by atoms with Crippen LogP contribution >= 0.6 is 11.8 Å². The molecule has 0 aromatic carbocycles. The molecule has 7 nitrogen and oxygen atoms in total. The van der Waals surface area contributed by atoms with E-state index in [4.69, 9.17) is 9.84 Å². The minimum absolute atomic E-state index is 0.00801. The van der Waals surface area contributed by atoms with Crippen LogP contribution in [0.1, 0.15) is 64.7 Å². The second kappa shape index (κ2) is 12.0. The second-order valence-corrected chi connectivity index (χ2v) is 11.6. The predicted octanol–water partition coefficient (Wildman–Crippen LogP) is 3.32. The fraction of sp³-hybridized carbons (Fsp3) is 0.741. The zero-order valence-corrected chi connectivity index (χ0v) is 21.7. The fourth-order valence-corrected chi connectivity index (χ4v) is 8.04. The first-order valence-corrected chi connectivity index (χ1v) is 14.3. The molecule has 0 radical (unpaired) electrons. The molecular weight excluding hydrogens is 464 g/mol. The number of carbonyl (C=O) groups is 3. The van der Waals surface area contributed by atoms with Crippen LogP contribution in [-0.2, 0) is 19.1 Å². The molecule has 1 spiro atoms. The normalized spacial score (nSPS) is 33.4. The van der Waals surface area contributed by atoms with Crippen molar-refractivity contribution in [1.29, 1.82) is 0 Å². The van der Waals surface area contributed by atoms with Crippen molar-refractivity contribution in [3.8, 4) is 0 Å². The third-order valence-corrected chi connectivity index (χ3v) is 9.52. The highest BCUT2D eigenvalue weighted by Gasteiger charge is 2.70. The number of esters is 1. The van der Waals surface area contributed by atoms with E-state index in [-0.39, 0.29) is 29.6 Å². The molecule has 2 saturated heterocycles. The van der Waals surface area contributed by atoms with E-state index in [1.165, 1.54) is 0 Å². The van der Waals surface area contributed by atoms with Gasteiger partial charge in [-0.05, 0) is 32.1 Å². The van der Waals surface area contributed by atoms with E-state index in [0.717, 1.165) is 57.8 Å². The number of unbranched alkanes of at least 4 members (excludes halogenated alkanes) is 5. The van der Waals surface area contributed by atoms with Crippen molar-refractivity contribution in [1.82, 2.24) is 9.80 Å². The Bertz CT molecular complexity index is 845. The van der Waals surface area contributed by atoms with Gasteiger partial charge in [-0.25, -0.2) is 0 Å². The smallest absolute Gasteiger partial charge is 0.311 e. The van der Waals surface area contributed by atoms with Gasteiger partial charge in [-0.1, -0.05) is 56.9 Å². The molecule has 0 aromatic rings. The number of thioether (sulfide) groups is 1. The number of cyclic esters (lactones) is 1. The maximum absolute atomic E-state index is 14.0. The standard InChI is InChI=1S/C27H40N2O5S/c1-2-3-8-15-28-16-12-14-27-22(21-20(35-27)13-7-6-11-19-34-26(21)33)24(31)29(23(27)25(28)32)17-9-4-5-10-18-30/h7,12-14,20-23,30H,2-6,8-11,15-19H2,1H3/b13-7-/t20-,21+,22-,23?,27-/m0/s1. The van der Waals surface area contributed by atoms with Gasteiger partial charge in [-0.15, -0.1) is 11.8 Å². The summed E-state index contributed by atoms with van der Waals surface area (Å²) in [6, 6.07) is -0.597. The molecule has 0 bridgehead atoms. The average molecular weight is 505 g/mol. The molecule has 2 amide bonds. The number of fused-ring (bicyclic) bond motifs is 2. The molecule has 0 aliphatic carbocycles. The summed E-state index contributed by atoms with van der Waals surface area (Å²) in [5.41, 5.74) is 0. The van der Waals surface area contributed by atoms with Crippen molar-refractivity contribution in [2.24, 2.45) is 11.8 Å². The van der Waals surface area contributed by atoms with Crippen molar-refractivity contribution in [3.63, 3.8) is 0 Å². The Labute approximate surface area is 213 Å². The van der Waals surface area contributed by atoms with E-state index in [0.29, 0.717) is 26.2 Å². The maximum Gasteiger partial charge on any atom is 0.311 e. The minimum Gasteiger partial charge on any atom is -0.465 e. The first-order chi connectivity index (χ1) is 17.0. The number of hydrogen-bond donors (Lipinski definition) is 1. The van der Waals surface area contributed by atoms with Crippen LogP contribution in [-0.4, -0.2) is 81.6 Å². The van der Waals surface area contributed by atoms with Crippen molar-refractivity contribution >= 4 is 29.5 Å². The van der Waals surface area contributed by atoms with Crippen molar-refractivity contribution in [2.45, 2.75) is 80.7 Å². The van der Waals surface area contributed by atoms with Crippen LogP contribution in [0, 0.1) is 11.8 Å². The Kier molecular flexibility index (Phi) is 8.97. The summed E-state index contributed by atoms with van der Waals surface area (Å²) in [4.78, 5) is 45.0. The summed E-state index contributed by atoms with van der Waals surface area (Å²) in [5.74, 6) is -1.56. The van der Waals surface area contributed by atoms with Gasteiger partial charge in [0.15, 0.2) is 0 Å². The molecule has 4 aliphatic rings. The van der Waals surface area contributed by atoms with E-state index >= 15 is 0 Å². The average Bonchev–Trinajstić information content (AvgIpc) is 3.25. The number of likely N-dealkylation sites (tertiary alicyclic amines) is 1. The van der Waals surface area contributed by atoms with Crippen molar-refractivity contribution in [2.75, 3.05) is 32.8 Å². The van der Waals surface area contributed by atoms with E-state index in [2.05, 4.69) is 25.2 Å². The second-order valence-electron chi connectivity index (χ2n) is 10.1. The molecule has 0 saturated carbocycles. The number of nitrogens with zero attached hydrogens (tertiary/aromatic N) is 2. The molecule has 8 heteroatoms. The number of aliphatic hydroxyl groups excluding tert-OH is 1. The van der Waals surface area contributed by atoms with E-state index < -0.39 is 22.6 Å². The molecular formula is C27H40N2O5S. The fourth-order valence-electron chi connectivity index (χ4n) is 6.04. The van der Waals surface area contributed by atoms with Gasteiger partial charge in [0, 0.05) is 31.5 Å². The molecule has 5 atom stereocenters. The number of ether oxygens (including phenoxy) is 1. The molecule has 1 N–H and O–H groups in total. The number of hydrogen-bond acceptors (Lipinski definition) is 6. The largest absolute Gasteiger partial charge is 0.465 e. The zero-order chi connectivity index (χ0) is 24.8. The Morgan fingerprint density at radius 1 is 1.06 bits per heavy atom. The number of aliphatic hydroxyl groups is 1. The van der Waals surface area contributed by atoms with Crippen molar-refractivity contribution < 1.29 is 24.2 Å².